The zero-order valence-electron chi connectivity index (χ0n) is 16.0. The van der Waals surface area contributed by atoms with Crippen LogP contribution < -0.4 is 5.32 Å². The van der Waals surface area contributed by atoms with Crippen molar-refractivity contribution in [2.45, 2.75) is 25.8 Å². The first-order valence-corrected chi connectivity index (χ1v) is 10.1. The minimum Gasteiger partial charge on any atom is -0.477 e. The van der Waals surface area contributed by atoms with Gasteiger partial charge in [0.2, 0.25) is 0 Å². The molecule has 29 heavy (non-hydrogen) atoms. The summed E-state index contributed by atoms with van der Waals surface area (Å²) in [6.45, 7) is 3.64. The molecule has 0 fully saturated rings. The lowest BCUT2D eigenvalue weighted by molar-refractivity contribution is 0.0699. The Morgan fingerprint density at radius 3 is 2.31 bits per heavy atom. The molecule has 2 aromatic carbocycles. The number of carboxylic acids is 1. The zero-order chi connectivity index (χ0) is 20.5. The average molecular weight is 408 g/mol. The van der Waals surface area contributed by atoms with Gasteiger partial charge in [-0.1, -0.05) is 48.5 Å². The second kappa shape index (κ2) is 7.67. The van der Waals surface area contributed by atoms with Crippen molar-refractivity contribution in [1.82, 2.24) is 10.3 Å². The Balaban J connectivity index is 1.46. The molecule has 6 nitrogen and oxygen atoms in total. The largest absolute Gasteiger partial charge is 0.477 e. The lowest BCUT2D eigenvalue weighted by Crippen LogP contribution is -2.29. The normalized spacial score (nSPS) is 13.4. The monoisotopic (exact) mass is 408 g/mol. The molecule has 0 unspecified atom stereocenters. The Morgan fingerprint density at radius 1 is 1.14 bits per heavy atom. The van der Waals surface area contributed by atoms with Gasteiger partial charge in [-0.25, -0.2) is 14.6 Å². The number of fused-ring (bicyclic) bond motifs is 3. The number of thiazole rings is 1. The maximum Gasteiger partial charge on any atom is 0.407 e. The molecule has 1 aliphatic carbocycles. The van der Waals surface area contributed by atoms with Gasteiger partial charge in [-0.05, 0) is 36.1 Å². The van der Waals surface area contributed by atoms with Crippen molar-refractivity contribution in [2.75, 3.05) is 6.61 Å². The number of hydrogen-bond acceptors (Lipinski definition) is 5. The summed E-state index contributed by atoms with van der Waals surface area (Å²) in [7, 11) is 0. The zero-order valence-corrected chi connectivity index (χ0v) is 16.8. The molecule has 1 aromatic heterocycles. The van der Waals surface area contributed by atoms with Gasteiger partial charge in [0, 0.05) is 5.92 Å². The van der Waals surface area contributed by atoms with Gasteiger partial charge in [-0.15, -0.1) is 11.3 Å². The van der Waals surface area contributed by atoms with Crippen molar-refractivity contribution in [2.24, 2.45) is 0 Å². The maximum absolute atomic E-state index is 12.4. The third-order valence-corrected chi connectivity index (χ3v) is 6.02. The minimum absolute atomic E-state index is 0.0282. The third-order valence-electron chi connectivity index (χ3n) is 5.04. The molecule has 0 aliphatic heterocycles. The molecule has 0 saturated heterocycles. The predicted molar refractivity (Wildman–Crippen MR) is 110 cm³/mol. The first-order chi connectivity index (χ1) is 14.0. The van der Waals surface area contributed by atoms with Crippen molar-refractivity contribution in [3.8, 4) is 11.1 Å². The summed E-state index contributed by atoms with van der Waals surface area (Å²) in [6, 6.07) is 15.7. The van der Waals surface area contributed by atoms with E-state index in [0.717, 1.165) is 33.6 Å². The molecular weight excluding hydrogens is 388 g/mol. The Hall–Kier alpha value is -3.19. The van der Waals surface area contributed by atoms with Gasteiger partial charge < -0.3 is 15.2 Å². The van der Waals surface area contributed by atoms with Crippen molar-refractivity contribution >= 4 is 23.4 Å². The van der Waals surface area contributed by atoms with E-state index in [1.54, 1.807) is 13.8 Å². The van der Waals surface area contributed by atoms with Crippen LogP contribution in [0.3, 0.4) is 0 Å². The van der Waals surface area contributed by atoms with Crippen molar-refractivity contribution in [3.63, 3.8) is 0 Å². The number of alkyl carbamates (subject to hydrolysis) is 1. The van der Waals surface area contributed by atoms with Crippen molar-refractivity contribution < 1.29 is 19.4 Å². The summed E-state index contributed by atoms with van der Waals surface area (Å²) < 4.78 is 5.52. The minimum atomic E-state index is -1.05. The van der Waals surface area contributed by atoms with Gasteiger partial charge in [0.1, 0.15) is 11.5 Å². The molecule has 1 heterocycles. The number of carboxylic acid groups (broad SMARTS) is 1. The van der Waals surface area contributed by atoms with Crippen LogP contribution in [0.2, 0.25) is 0 Å². The van der Waals surface area contributed by atoms with E-state index >= 15 is 0 Å². The standard InChI is InChI=1S/C22H20N2O4S/c1-12(19-20(21(25)26)29-13(2)24-19)23-22(27)28-11-18-16-9-5-3-7-14(16)15-8-4-6-10-17(15)18/h3-10,12,18H,11H2,1-2H3,(H,23,27)(H,25,26)/t12-/m1/s1. The predicted octanol–water partition coefficient (Wildman–Crippen LogP) is 4.75. The quantitative estimate of drug-likeness (QED) is 0.636. The van der Waals surface area contributed by atoms with Crippen LogP contribution in [0.4, 0.5) is 4.79 Å². The van der Waals surface area contributed by atoms with Crippen LogP contribution in [0.1, 0.15) is 50.4 Å². The lowest BCUT2D eigenvalue weighted by atomic mass is 9.98. The number of carbonyl (C=O) groups is 2. The van der Waals surface area contributed by atoms with E-state index in [2.05, 4.69) is 34.6 Å². The number of rotatable bonds is 5. The number of aromatic carboxylic acids is 1. The second-order valence-corrected chi connectivity index (χ2v) is 8.15. The fourth-order valence-corrected chi connectivity index (χ4v) is 4.63. The Labute approximate surface area is 172 Å². The van der Waals surface area contributed by atoms with E-state index in [-0.39, 0.29) is 17.4 Å². The van der Waals surface area contributed by atoms with Gasteiger partial charge in [-0.3, -0.25) is 0 Å². The van der Waals surface area contributed by atoms with Gasteiger partial charge in [0.15, 0.2) is 0 Å². The number of benzene rings is 2. The summed E-state index contributed by atoms with van der Waals surface area (Å²) in [5, 5.41) is 12.7. The SMILES string of the molecule is Cc1nc([C@@H](C)NC(=O)OCC2c3ccccc3-c3ccccc32)c(C(=O)O)s1. The number of amides is 1. The molecule has 0 radical (unpaired) electrons. The fourth-order valence-electron chi connectivity index (χ4n) is 3.78. The molecule has 148 valence electrons. The number of nitrogens with one attached hydrogen (secondary N) is 1. The Kier molecular flexibility index (Phi) is 5.07. The molecule has 0 bridgehead atoms. The molecule has 1 atom stereocenters. The molecule has 1 aliphatic rings. The Bertz CT molecular complexity index is 1050. The second-order valence-electron chi connectivity index (χ2n) is 6.94. The first-order valence-electron chi connectivity index (χ1n) is 9.28. The number of aromatic nitrogens is 1. The molecule has 1 amide bonds. The van der Waals surface area contributed by atoms with Crippen LogP contribution in [0.25, 0.3) is 11.1 Å². The highest BCUT2D eigenvalue weighted by Gasteiger charge is 2.29. The highest BCUT2D eigenvalue weighted by molar-refractivity contribution is 7.13. The van der Waals surface area contributed by atoms with E-state index in [1.807, 2.05) is 24.3 Å². The number of carbonyl (C=O) groups excluding carboxylic acids is 1. The van der Waals surface area contributed by atoms with E-state index in [9.17, 15) is 14.7 Å². The summed E-state index contributed by atoms with van der Waals surface area (Å²) in [5.41, 5.74) is 4.94. The summed E-state index contributed by atoms with van der Waals surface area (Å²) in [6.07, 6.45) is -0.596. The maximum atomic E-state index is 12.4. The molecule has 3 aromatic rings. The van der Waals surface area contributed by atoms with Crippen molar-refractivity contribution in [3.05, 3.63) is 75.2 Å². The number of aryl methyl sites for hydroxylation is 1. The number of hydrogen-bond donors (Lipinski definition) is 2. The van der Waals surface area contributed by atoms with Crippen LogP contribution >= 0.6 is 11.3 Å². The van der Waals surface area contributed by atoms with Gasteiger partial charge in [0.05, 0.1) is 16.7 Å². The van der Waals surface area contributed by atoms with E-state index < -0.39 is 18.1 Å². The van der Waals surface area contributed by atoms with Crippen molar-refractivity contribution in [1.29, 1.82) is 0 Å². The van der Waals surface area contributed by atoms with E-state index in [1.165, 1.54) is 0 Å². The molecule has 0 saturated carbocycles. The lowest BCUT2D eigenvalue weighted by Gasteiger charge is -2.17. The fraction of sp³-hybridized carbons (Fsp3) is 0.227. The Morgan fingerprint density at radius 2 is 1.72 bits per heavy atom. The summed E-state index contributed by atoms with van der Waals surface area (Å²) in [4.78, 5) is 28.2. The third kappa shape index (κ3) is 3.61. The molecule has 2 N–H and O–H groups in total. The topological polar surface area (TPSA) is 88.5 Å². The smallest absolute Gasteiger partial charge is 0.407 e. The van der Waals surface area contributed by atoms with Crippen LogP contribution in [0.15, 0.2) is 48.5 Å². The van der Waals surface area contributed by atoms with E-state index in [0.29, 0.717) is 10.7 Å². The van der Waals surface area contributed by atoms with E-state index in [4.69, 9.17) is 4.74 Å². The van der Waals surface area contributed by atoms with Crippen LogP contribution in [0.5, 0.6) is 0 Å². The van der Waals surface area contributed by atoms with Crippen LogP contribution in [-0.2, 0) is 4.74 Å². The number of nitrogens with zero attached hydrogens (tertiary/aromatic N) is 1. The summed E-state index contributed by atoms with van der Waals surface area (Å²) in [5.74, 6) is -1.08. The molecule has 4 rings (SSSR count). The van der Waals surface area contributed by atoms with Crippen LogP contribution in [-0.4, -0.2) is 28.8 Å². The molecular formula is C22H20N2O4S. The average Bonchev–Trinajstić information content (AvgIpc) is 3.25. The first kappa shape index (κ1) is 19.1. The van der Waals surface area contributed by atoms with Gasteiger partial charge in [-0.2, -0.15) is 0 Å². The van der Waals surface area contributed by atoms with Crippen LogP contribution in [0, 0.1) is 6.92 Å². The molecule has 7 heteroatoms. The highest BCUT2D eigenvalue weighted by atomic mass is 32.1. The number of ether oxygens (including phenoxy) is 1. The summed E-state index contributed by atoms with van der Waals surface area (Å²) >= 11 is 1.09. The van der Waals surface area contributed by atoms with Gasteiger partial charge in [0.25, 0.3) is 0 Å². The molecule has 0 spiro atoms. The van der Waals surface area contributed by atoms with Gasteiger partial charge >= 0.3 is 12.1 Å². The highest BCUT2D eigenvalue weighted by Crippen LogP contribution is 2.44.